The third-order valence-electron chi connectivity index (χ3n) is 2.09. The first-order chi connectivity index (χ1) is 5.30. The van der Waals surface area contributed by atoms with Crippen LogP contribution in [0.15, 0.2) is 0 Å². The van der Waals surface area contributed by atoms with Crippen molar-refractivity contribution in [2.75, 3.05) is 0 Å². The van der Waals surface area contributed by atoms with Crippen molar-refractivity contribution in [3.05, 3.63) is 0 Å². The molecule has 0 rings (SSSR count). The maximum atomic E-state index is 9.51. The van der Waals surface area contributed by atoms with Crippen molar-refractivity contribution in [1.82, 2.24) is 0 Å². The third kappa shape index (κ3) is 3.06. The second-order valence-electron chi connectivity index (χ2n) is 3.74. The van der Waals surface area contributed by atoms with Crippen molar-refractivity contribution in [3.8, 4) is 0 Å². The summed E-state index contributed by atoms with van der Waals surface area (Å²) in [7, 11) is 0. The van der Waals surface area contributed by atoms with Crippen LogP contribution in [0.1, 0.15) is 27.2 Å². The maximum Gasteiger partial charge on any atom is 0.0869 e. The first-order valence-electron chi connectivity index (χ1n) is 4.22. The van der Waals surface area contributed by atoms with Gasteiger partial charge in [0.2, 0.25) is 0 Å². The lowest BCUT2D eigenvalue weighted by molar-refractivity contribution is -0.0137. The zero-order valence-corrected chi connectivity index (χ0v) is 7.99. The molecule has 0 aliphatic carbocycles. The summed E-state index contributed by atoms with van der Waals surface area (Å²) in [5, 5.41) is 19.0. The Morgan fingerprint density at radius 1 is 1.33 bits per heavy atom. The fourth-order valence-corrected chi connectivity index (χ4v) is 0.926. The van der Waals surface area contributed by atoms with Crippen LogP contribution in [0, 0.1) is 0 Å². The molecule has 12 heavy (non-hydrogen) atoms. The van der Waals surface area contributed by atoms with Crippen LogP contribution in [-0.2, 0) is 0 Å². The largest absolute Gasteiger partial charge is 0.390 e. The summed E-state index contributed by atoms with van der Waals surface area (Å²) in [6, 6.07) is -1.07. The summed E-state index contributed by atoms with van der Waals surface area (Å²) in [4.78, 5) is 0. The predicted octanol–water partition coefficient (Wildman–Crippen LogP) is -0.817. The SMILES string of the molecule is CCC(N)C(O)C(N)C(C)(C)O. The number of rotatable bonds is 4. The third-order valence-corrected chi connectivity index (χ3v) is 2.09. The number of nitrogens with two attached hydrogens (primary N) is 2. The number of hydrogen-bond acceptors (Lipinski definition) is 4. The Kier molecular flexibility index (Phi) is 4.13. The molecule has 6 N–H and O–H groups in total. The molecule has 0 saturated carbocycles. The summed E-state index contributed by atoms with van der Waals surface area (Å²) in [5.41, 5.74) is 10.1. The Hall–Kier alpha value is -0.160. The fraction of sp³-hybridized carbons (Fsp3) is 1.00. The maximum absolute atomic E-state index is 9.51. The summed E-state index contributed by atoms with van der Waals surface area (Å²) in [6.45, 7) is 4.98. The van der Waals surface area contributed by atoms with E-state index in [1.807, 2.05) is 6.92 Å². The molecule has 0 radical (unpaired) electrons. The van der Waals surface area contributed by atoms with E-state index in [0.717, 1.165) is 0 Å². The smallest absolute Gasteiger partial charge is 0.0869 e. The number of hydrogen-bond donors (Lipinski definition) is 4. The van der Waals surface area contributed by atoms with E-state index in [0.29, 0.717) is 6.42 Å². The summed E-state index contributed by atoms with van der Waals surface area (Å²) in [5.74, 6) is 0. The van der Waals surface area contributed by atoms with Crippen LogP contribution in [0.3, 0.4) is 0 Å². The van der Waals surface area contributed by atoms with Gasteiger partial charge in [-0.25, -0.2) is 0 Å². The van der Waals surface area contributed by atoms with Crippen LogP contribution < -0.4 is 11.5 Å². The van der Waals surface area contributed by atoms with Crippen LogP contribution in [0.25, 0.3) is 0 Å². The molecule has 0 aromatic carbocycles. The summed E-state index contributed by atoms with van der Waals surface area (Å²) < 4.78 is 0. The molecule has 3 atom stereocenters. The first kappa shape index (κ1) is 11.8. The molecule has 4 heteroatoms. The van der Waals surface area contributed by atoms with E-state index in [1.165, 1.54) is 0 Å². The van der Waals surface area contributed by atoms with Crippen LogP contribution in [0.2, 0.25) is 0 Å². The highest BCUT2D eigenvalue weighted by Crippen LogP contribution is 2.12. The van der Waals surface area contributed by atoms with Crippen LogP contribution in [0.4, 0.5) is 0 Å². The lowest BCUT2D eigenvalue weighted by Crippen LogP contribution is -2.57. The molecule has 0 aromatic heterocycles. The van der Waals surface area contributed by atoms with Gasteiger partial charge in [0, 0.05) is 6.04 Å². The summed E-state index contributed by atoms with van der Waals surface area (Å²) >= 11 is 0. The van der Waals surface area contributed by atoms with Crippen molar-refractivity contribution < 1.29 is 10.2 Å². The molecule has 0 amide bonds. The zero-order chi connectivity index (χ0) is 9.94. The van der Waals surface area contributed by atoms with E-state index >= 15 is 0 Å². The lowest BCUT2D eigenvalue weighted by atomic mass is 9.90. The molecule has 0 spiro atoms. The minimum atomic E-state index is -1.09. The van der Waals surface area contributed by atoms with E-state index in [1.54, 1.807) is 13.8 Å². The van der Waals surface area contributed by atoms with Crippen molar-refractivity contribution in [3.63, 3.8) is 0 Å². The number of aliphatic hydroxyl groups is 2. The fourth-order valence-electron chi connectivity index (χ4n) is 0.926. The zero-order valence-electron chi connectivity index (χ0n) is 7.99. The van der Waals surface area contributed by atoms with Gasteiger partial charge in [0.05, 0.1) is 17.7 Å². The van der Waals surface area contributed by atoms with Gasteiger partial charge in [-0.05, 0) is 20.3 Å². The average molecular weight is 176 g/mol. The van der Waals surface area contributed by atoms with Crippen molar-refractivity contribution >= 4 is 0 Å². The summed E-state index contributed by atoms with van der Waals surface area (Å²) in [6.07, 6.45) is -0.208. The molecule has 0 fully saturated rings. The Morgan fingerprint density at radius 2 is 1.75 bits per heavy atom. The highest BCUT2D eigenvalue weighted by molar-refractivity contribution is 4.91. The van der Waals surface area contributed by atoms with E-state index in [-0.39, 0.29) is 6.04 Å². The topological polar surface area (TPSA) is 92.5 Å². The molecule has 0 heterocycles. The van der Waals surface area contributed by atoms with Gasteiger partial charge in [0.25, 0.3) is 0 Å². The quantitative estimate of drug-likeness (QED) is 0.450. The Bertz CT molecular complexity index is 134. The Labute approximate surface area is 73.6 Å². The molecular weight excluding hydrogens is 156 g/mol. The highest BCUT2D eigenvalue weighted by Gasteiger charge is 2.32. The van der Waals surface area contributed by atoms with E-state index in [2.05, 4.69) is 0 Å². The monoisotopic (exact) mass is 176 g/mol. The predicted molar refractivity (Wildman–Crippen MR) is 48.5 cm³/mol. The molecular formula is C8H20N2O2. The van der Waals surface area contributed by atoms with Crippen molar-refractivity contribution in [2.45, 2.75) is 51.0 Å². The van der Waals surface area contributed by atoms with Crippen LogP contribution >= 0.6 is 0 Å². The number of aliphatic hydroxyl groups excluding tert-OH is 1. The molecule has 0 bridgehead atoms. The molecule has 3 unspecified atom stereocenters. The highest BCUT2D eigenvalue weighted by atomic mass is 16.3. The minimum absolute atomic E-state index is 0.369. The second kappa shape index (κ2) is 4.18. The van der Waals surface area contributed by atoms with Gasteiger partial charge < -0.3 is 21.7 Å². The van der Waals surface area contributed by atoms with Gasteiger partial charge in [0.15, 0.2) is 0 Å². The minimum Gasteiger partial charge on any atom is -0.390 e. The first-order valence-corrected chi connectivity index (χ1v) is 4.22. The van der Waals surface area contributed by atoms with Gasteiger partial charge >= 0.3 is 0 Å². The standard InChI is InChI=1S/C8H20N2O2/c1-4-5(9)6(11)7(10)8(2,3)12/h5-7,11-12H,4,9-10H2,1-3H3. The van der Waals surface area contributed by atoms with E-state index < -0.39 is 17.7 Å². The molecule has 0 saturated heterocycles. The molecule has 74 valence electrons. The van der Waals surface area contributed by atoms with Gasteiger partial charge in [-0.2, -0.15) is 0 Å². The lowest BCUT2D eigenvalue weighted by Gasteiger charge is -2.32. The molecule has 4 nitrogen and oxygen atoms in total. The van der Waals surface area contributed by atoms with Gasteiger partial charge in [-0.3, -0.25) is 0 Å². The second-order valence-corrected chi connectivity index (χ2v) is 3.74. The van der Waals surface area contributed by atoms with Crippen molar-refractivity contribution in [1.29, 1.82) is 0 Å². The Morgan fingerprint density at radius 3 is 2.00 bits per heavy atom. The molecule has 0 aromatic rings. The normalized spacial score (nSPS) is 20.2. The van der Waals surface area contributed by atoms with E-state index in [4.69, 9.17) is 11.5 Å². The van der Waals surface area contributed by atoms with E-state index in [9.17, 15) is 10.2 Å². The van der Waals surface area contributed by atoms with Crippen molar-refractivity contribution in [2.24, 2.45) is 11.5 Å². The van der Waals surface area contributed by atoms with Gasteiger partial charge in [-0.1, -0.05) is 6.92 Å². The molecule has 0 aliphatic rings. The molecule has 0 aliphatic heterocycles. The average Bonchev–Trinajstić information content (AvgIpc) is 1.98. The van der Waals surface area contributed by atoms with Crippen LogP contribution in [-0.4, -0.2) is 34.0 Å². The van der Waals surface area contributed by atoms with Gasteiger partial charge in [-0.15, -0.1) is 0 Å². The Balaban J connectivity index is 4.19. The van der Waals surface area contributed by atoms with Gasteiger partial charge in [0.1, 0.15) is 0 Å². The van der Waals surface area contributed by atoms with Crippen LogP contribution in [0.5, 0.6) is 0 Å².